The van der Waals surface area contributed by atoms with Gasteiger partial charge in [0.15, 0.2) is 0 Å². The van der Waals surface area contributed by atoms with E-state index in [2.05, 4.69) is 27.9 Å². The fraction of sp³-hybridized carbons (Fsp3) is 0.529. The van der Waals surface area contributed by atoms with Crippen LogP contribution in [0.5, 0.6) is 0 Å². The molecule has 1 saturated heterocycles. The number of hydrogen-bond donors (Lipinski definition) is 3. The zero-order valence-corrected chi connectivity index (χ0v) is 14.3. The Bertz CT molecular complexity index is 547. The molecule has 0 spiro atoms. The number of rotatable bonds is 6. The third-order valence-corrected chi connectivity index (χ3v) is 3.98. The first-order valence-corrected chi connectivity index (χ1v) is 8.19. The van der Waals surface area contributed by atoms with Crippen molar-refractivity contribution >= 4 is 23.3 Å². The molecular formula is C17H26N4O3. The van der Waals surface area contributed by atoms with Gasteiger partial charge >= 0.3 is 6.03 Å². The Morgan fingerprint density at radius 1 is 1.21 bits per heavy atom. The number of methoxy groups -OCH3 is 1. The number of likely N-dealkylation sites (tertiary alicyclic amines) is 1. The second kappa shape index (κ2) is 9.24. The molecule has 0 bridgehead atoms. The Hall–Kier alpha value is -2.12. The van der Waals surface area contributed by atoms with E-state index < -0.39 is 0 Å². The first kappa shape index (κ1) is 18.2. The van der Waals surface area contributed by atoms with E-state index in [1.807, 2.05) is 0 Å². The zero-order chi connectivity index (χ0) is 17.4. The highest BCUT2D eigenvalue weighted by Gasteiger charge is 2.17. The van der Waals surface area contributed by atoms with Crippen molar-refractivity contribution in [2.45, 2.75) is 12.8 Å². The number of ether oxygens (including phenoxy) is 1. The molecule has 0 unspecified atom stereocenters. The second-order valence-corrected chi connectivity index (χ2v) is 6.16. The van der Waals surface area contributed by atoms with Gasteiger partial charge in [-0.05, 0) is 56.6 Å². The first-order chi connectivity index (χ1) is 11.6. The number of piperidine rings is 1. The summed E-state index contributed by atoms with van der Waals surface area (Å²) in [6, 6.07) is 6.75. The van der Waals surface area contributed by atoms with Crippen LogP contribution in [0.3, 0.4) is 0 Å². The van der Waals surface area contributed by atoms with Gasteiger partial charge in [0.05, 0.1) is 0 Å². The molecular weight excluding hydrogens is 308 g/mol. The van der Waals surface area contributed by atoms with Crippen molar-refractivity contribution in [3.8, 4) is 0 Å². The minimum absolute atomic E-state index is 0.0127. The van der Waals surface area contributed by atoms with Crippen molar-refractivity contribution in [1.82, 2.24) is 10.2 Å². The quantitative estimate of drug-likeness (QED) is 0.740. The summed E-state index contributed by atoms with van der Waals surface area (Å²) in [5.41, 5.74) is 1.34. The molecule has 1 aromatic carbocycles. The summed E-state index contributed by atoms with van der Waals surface area (Å²) in [5, 5.41) is 8.42. The lowest BCUT2D eigenvalue weighted by Gasteiger charge is -2.29. The van der Waals surface area contributed by atoms with Gasteiger partial charge in [-0.1, -0.05) is 0 Å². The van der Waals surface area contributed by atoms with Crippen LogP contribution >= 0.6 is 0 Å². The highest BCUT2D eigenvalue weighted by atomic mass is 16.5. The van der Waals surface area contributed by atoms with Crippen LogP contribution in [-0.2, 0) is 9.53 Å². The molecule has 1 fully saturated rings. The van der Waals surface area contributed by atoms with Gasteiger partial charge in [-0.3, -0.25) is 4.79 Å². The molecule has 24 heavy (non-hydrogen) atoms. The van der Waals surface area contributed by atoms with Gasteiger partial charge in [0, 0.05) is 31.6 Å². The van der Waals surface area contributed by atoms with Crippen molar-refractivity contribution in [3.05, 3.63) is 24.3 Å². The van der Waals surface area contributed by atoms with Crippen LogP contribution in [0.1, 0.15) is 12.8 Å². The van der Waals surface area contributed by atoms with Crippen LogP contribution in [0, 0.1) is 5.92 Å². The lowest BCUT2D eigenvalue weighted by Crippen LogP contribution is -2.40. The van der Waals surface area contributed by atoms with E-state index in [0.29, 0.717) is 23.8 Å². The first-order valence-electron chi connectivity index (χ1n) is 8.19. The summed E-state index contributed by atoms with van der Waals surface area (Å²) in [4.78, 5) is 25.7. The largest absolute Gasteiger partial charge is 0.375 e. The van der Waals surface area contributed by atoms with Gasteiger partial charge in [-0.15, -0.1) is 0 Å². The van der Waals surface area contributed by atoms with Crippen LogP contribution in [0.15, 0.2) is 24.3 Å². The molecule has 132 valence electrons. The average Bonchev–Trinajstić information content (AvgIpc) is 2.55. The molecule has 0 radical (unpaired) electrons. The van der Waals surface area contributed by atoms with E-state index in [-0.39, 0.29) is 18.5 Å². The maximum Gasteiger partial charge on any atom is 0.319 e. The maximum absolute atomic E-state index is 12.0. The van der Waals surface area contributed by atoms with Crippen molar-refractivity contribution in [2.24, 2.45) is 5.92 Å². The molecule has 7 nitrogen and oxygen atoms in total. The van der Waals surface area contributed by atoms with Crippen LogP contribution in [0.4, 0.5) is 16.2 Å². The molecule has 1 aliphatic rings. The van der Waals surface area contributed by atoms with Crippen molar-refractivity contribution in [2.75, 3.05) is 51.0 Å². The van der Waals surface area contributed by atoms with Gasteiger partial charge in [0.1, 0.15) is 6.61 Å². The highest BCUT2D eigenvalue weighted by molar-refractivity contribution is 5.93. The third-order valence-electron chi connectivity index (χ3n) is 3.98. The number of carbonyl (C=O) groups is 2. The average molecular weight is 334 g/mol. The van der Waals surface area contributed by atoms with Gasteiger partial charge in [0.25, 0.3) is 0 Å². The molecule has 1 atom stereocenters. The number of nitrogens with zero attached hydrogens (tertiary/aromatic N) is 1. The number of anilines is 2. The topological polar surface area (TPSA) is 82.7 Å². The van der Waals surface area contributed by atoms with Crippen LogP contribution in [0.25, 0.3) is 0 Å². The van der Waals surface area contributed by atoms with Crippen molar-refractivity contribution in [1.29, 1.82) is 0 Å². The Morgan fingerprint density at radius 2 is 1.88 bits per heavy atom. The standard InChI is InChI=1S/C17H26N4O3/c1-21-9-3-4-13(11-21)10-18-17(23)20-15-7-5-14(6-8-15)19-16(22)12-24-2/h5-8,13H,3-4,9-12H2,1-2H3,(H,19,22)(H2,18,20,23)/t13-/m0/s1. The fourth-order valence-electron chi connectivity index (χ4n) is 2.82. The molecule has 3 N–H and O–H groups in total. The number of amides is 3. The Labute approximate surface area is 142 Å². The summed E-state index contributed by atoms with van der Waals surface area (Å²) >= 11 is 0. The molecule has 7 heteroatoms. The van der Waals surface area contributed by atoms with Crippen molar-refractivity contribution in [3.63, 3.8) is 0 Å². The number of urea groups is 1. The van der Waals surface area contributed by atoms with E-state index in [0.717, 1.165) is 19.5 Å². The van der Waals surface area contributed by atoms with E-state index in [1.165, 1.54) is 13.5 Å². The predicted octanol–water partition coefficient (Wildman–Crippen LogP) is 1.73. The molecule has 1 heterocycles. The minimum Gasteiger partial charge on any atom is -0.375 e. The monoisotopic (exact) mass is 334 g/mol. The lowest BCUT2D eigenvalue weighted by atomic mass is 9.99. The van der Waals surface area contributed by atoms with Gasteiger partial charge in [0.2, 0.25) is 5.91 Å². The predicted molar refractivity (Wildman–Crippen MR) is 94.2 cm³/mol. The summed E-state index contributed by atoms with van der Waals surface area (Å²) in [5.74, 6) is 0.293. The van der Waals surface area contributed by atoms with E-state index in [4.69, 9.17) is 4.74 Å². The minimum atomic E-state index is -0.214. The van der Waals surface area contributed by atoms with Gasteiger partial charge in [-0.2, -0.15) is 0 Å². The summed E-state index contributed by atoms with van der Waals surface area (Å²) < 4.78 is 4.76. The molecule has 0 aliphatic carbocycles. The normalized spacial score (nSPS) is 18.0. The van der Waals surface area contributed by atoms with Crippen LogP contribution in [0.2, 0.25) is 0 Å². The third kappa shape index (κ3) is 6.17. The molecule has 3 amide bonds. The fourth-order valence-corrected chi connectivity index (χ4v) is 2.82. The maximum atomic E-state index is 12.0. The summed E-state index contributed by atoms with van der Waals surface area (Å²) in [6.45, 7) is 2.85. The Kier molecular flexibility index (Phi) is 7.02. The second-order valence-electron chi connectivity index (χ2n) is 6.16. The smallest absolute Gasteiger partial charge is 0.319 e. The molecule has 1 aromatic rings. The van der Waals surface area contributed by atoms with Crippen LogP contribution in [-0.4, -0.2) is 57.2 Å². The van der Waals surface area contributed by atoms with E-state index in [1.54, 1.807) is 24.3 Å². The molecule has 2 rings (SSSR count). The summed E-state index contributed by atoms with van der Waals surface area (Å²) in [7, 11) is 3.58. The molecule has 0 aromatic heterocycles. The lowest BCUT2D eigenvalue weighted by molar-refractivity contribution is -0.119. The number of carbonyl (C=O) groups excluding carboxylic acids is 2. The van der Waals surface area contributed by atoms with Gasteiger partial charge < -0.3 is 25.6 Å². The molecule has 1 aliphatic heterocycles. The molecule has 0 saturated carbocycles. The van der Waals surface area contributed by atoms with E-state index >= 15 is 0 Å². The van der Waals surface area contributed by atoms with Crippen molar-refractivity contribution < 1.29 is 14.3 Å². The van der Waals surface area contributed by atoms with E-state index in [9.17, 15) is 9.59 Å². The number of hydrogen-bond acceptors (Lipinski definition) is 4. The van der Waals surface area contributed by atoms with Gasteiger partial charge in [-0.25, -0.2) is 4.79 Å². The Balaban J connectivity index is 1.74. The number of nitrogens with one attached hydrogen (secondary N) is 3. The highest BCUT2D eigenvalue weighted by Crippen LogP contribution is 2.15. The number of benzene rings is 1. The Morgan fingerprint density at radius 3 is 2.50 bits per heavy atom. The summed E-state index contributed by atoms with van der Waals surface area (Å²) in [6.07, 6.45) is 2.33. The van der Waals surface area contributed by atoms with Crippen LogP contribution < -0.4 is 16.0 Å². The SMILES string of the molecule is COCC(=O)Nc1ccc(NC(=O)NC[C@@H]2CCCN(C)C2)cc1. The zero-order valence-electron chi connectivity index (χ0n) is 14.3.